The zero-order valence-corrected chi connectivity index (χ0v) is 18.5. The Morgan fingerprint density at radius 1 is 1.10 bits per heavy atom. The molecule has 0 bridgehead atoms. The van der Waals surface area contributed by atoms with Crippen LogP contribution in [-0.4, -0.2) is 58.7 Å². The van der Waals surface area contributed by atoms with Gasteiger partial charge in [0.05, 0.1) is 5.41 Å². The van der Waals surface area contributed by atoms with Gasteiger partial charge in [0.15, 0.2) is 0 Å². The van der Waals surface area contributed by atoms with Crippen molar-refractivity contribution in [2.45, 2.75) is 59.6 Å². The Morgan fingerprint density at radius 2 is 1.69 bits per heavy atom. The molecule has 2 rings (SSSR count). The third-order valence-electron chi connectivity index (χ3n) is 5.57. The minimum Gasteiger partial charge on any atom is -0.465 e. The fourth-order valence-corrected chi connectivity index (χ4v) is 3.77. The van der Waals surface area contributed by atoms with Gasteiger partial charge < -0.3 is 19.6 Å². The molecule has 1 aliphatic heterocycles. The van der Waals surface area contributed by atoms with Crippen LogP contribution in [0.2, 0.25) is 0 Å². The number of likely N-dealkylation sites (tertiary alicyclic amines) is 1. The Labute approximate surface area is 174 Å². The van der Waals surface area contributed by atoms with Crippen LogP contribution >= 0.6 is 0 Å². The van der Waals surface area contributed by atoms with Gasteiger partial charge in [-0.05, 0) is 72.0 Å². The monoisotopic (exact) mass is 404 g/mol. The number of nitrogens with zero attached hydrogens (tertiary/aromatic N) is 2. The van der Waals surface area contributed by atoms with Crippen LogP contribution in [0.5, 0.6) is 0 Å². The molecule has 1 amide bonds. The number of esters is 1. The molecule has 1 N–H and O–H groups in total. The first-order valence-corrected chi connectivity index (χ1v) is 10.4. The van der Waals surface area contributed by atoms with Crippen molar-refractivity contribution in [3.63, 3.8) is 0 Å². The number of rotatable bonds is 7. The fourth-order valence-electron chi connectivity index (χ4n) is 3.77. The normalized spacial score (nSPS) is 16.4. The van der Waals surface area contributed by atoms with Crippen LogP contribution in [0, 0.1) is 11.3 Å². The lowest BCUT2D eigenvalue weighted by atomic mass is 9.89. The van der Waals surface area contributed by atoms with Gasteiger partial charge in [0.2, 0.25) is 0 Å². The predicted molar refractivity (Wildman–Crippen MR) is 114 cm³/mol. The number of benzene rings is 1. The van der Waals surface area contributed by atoms with Gasteiger partial charge in [0.25, 0.3) is 0 Å². The molecule has 0 aliphatic carbocycles. The summed E-state index contributed by atoms with van der Waals surface area (Å²) in [7, 11) is 0. The maximum Gasteiger partial charge on any atom is 0.407 e. The molecule has 1 aromatic carbocycles. The Balaban J connectivity index is 1.81. The van der Waals surface area contributed by atoms with Crippen molar-refractivity contribution in [1.82, 2.24) is 9.80 Å². The Morgan fingerprint density at radius 3 is 2.21 bits per heavy atom. The number of ether oxygens (including phenoxy) is 1. The molecular weight excluding hydrogens is 368 g/mol. The molecule has 6 nitrogen and oxygen atoms in total. The SMILES string of the molecule is CC(C)(CN1CCC(CN(C(=O)O)C(C)(C)C)CC1)C(=O)OCc1ccccc1. The van der Waals surface area contributed by atoms with Crippen molar-refractivity contribution >= 4 is 12.1 Å². The highest BCUT2D eigenvalue weighted by molar-refractivity contribution is 5.76. The number of hydrogen-bond donors (Lipinski definition) is 1. The number of hydrogen-bond acceptors (Lipinski definition) is 4. The second-order valence-corrected chi connectivity index (χ2v) is 9.73. The van der Waals surface area contributed by atoms with Gasteiger partial charge in [-0.25, -0.2) is 4.79 Å². The summed E-state index contributed by atoms with van der Waals surface area (Å²) in [4.78, 5) is 28.0. The second-order valence-electron chi connectivity index (χ2n) is 9.73. The topological polar surface area (TPSA) is 70.1 Å². The van der Waals surface area contributed by atoms with Crippen LogP contribution in [0.1, 0.15) is 53.0 Å². The highest BCUT2D eigenvalue weighted by Crippen LogP contribution is 2.26. The van der Waals surface area contributed by atoms with Gasteiger partial charge in [-0.2, -0.15) is 0 Å². The molecule has 162 valence electrons. The third-order valence-corrected chi connectivity index (χ3v) is 5.57. The first kappa shape index (κ1) is 23.2. The van der Waals surface area contributed by atoms with E-state index in [0.717, 1.165) is 31.5 Å². The fraction of sp³-hybridized carbons (Fsp3) is 0.652. The van der Waals surface area contributed by atoms with E-state index < -0.39 is 17.0 Å². The smallest absolute Gasteiger partial charge is 0.407 e. The molecule has 29 heavy (non-hydrogen) atoms. The minimum absolute atomic E-state index is 0.187. The lowest BCUT2D eigenvalue weighted by Crippen LogP contribution is -2.50. The van der Waals surface area contributed by atoms with Crippen LogP contribution in [0.15, 0.2) is 30.3 Å². The van der Waals surface area contributed by atoms with Crippen molar-refractivity contribution in [3.05, 3.63) is 35.9 Å². The van der Waals surface area contributed by atoms with E-state index in [1.54, 1.807) is 0 Å². The summed E-state index contributed by atoms with van der Waals surface area (Å²) in [5.74, 6) is 0.169. The van der Waals surface area contributed by atoms with Crippen LogP contribution in [-0.2, 0) is 16.1 Å². The largest absolute Gasteiger partial charge is 0.465 e. The Bertz CT molecular complexity index is 674. The Kier molecular flexibility index (Phi) is 7.69. The molecule has 6 heteroatoms. The maximum absolute atomic E-state index is 12.6. The van der Waals surface area contributed by atoms with Gasteiger partial charge in [0.1, 0.15) is 6.61 Å². The summed E-state index contributed by atoms with van der Waals surface area (Å²) in [5.41, 5.74) is 0.00689. The maximum atomic E-state index is 12.6. The van der Waals surface area contributed by atoms with Crippen molar-refractivity contribution in [3.8, 4) is 0 Å². The van der Waals surface area contributed by atoms with Crippen molar-refractivity contribution < 1.29 is 19.4 Å². The van der Waals surface area contributed by atoms with E-state index in [2.05, 4.69) is 4.90 Å². The molecule has 0 aromatic heterocycles. The molecule has 0 unspecified atom stereocenters. The summed E-state index contributed by atoms with van der Waals surface area (Å²) in [6, 6.07) is 9.70. The van der Waals surface area contributed by atoms with E-state index in [1.807, 2.05) is 65.0 Å². The van der Waals surface area contributed by atoms with Crippen LogP contribution in [0.25, 0.3) is 0 Å². The van der Waals surface area contributed by atoms with E-state index in [4.69, 9.17) is 4.74 Å². The Hall–Kier alpha value is -2.08. The van der Waals surface area contributed by atoms with E-state index in [0.29, 0.717) is 25.6 Å². The van der Waals surface area contributed by atoms with Gasteiger partial charge in [-0.3, -0.25) is 4.79 Å². The molecule has 1 aliphatic rings. The molecule has 1 fully saturated rings. The highest BCUT2D eigenvalue weighted by Gasteiger charge is 2.35. The molecule has 1 saturated heterocycles. The molecule has 0 spiro atoms. The van der Waals surface area contributed by atoms with E-state index >= 15 is 0 Å². The minimum atomic E-state index is -0.859. The summed E-state index contributed by atoms with van der Waals surface area (Å²) in [5, 5.41) is 9.50. The van der Waals surface area contributed by atoms with E-state index in [1.165, 1.54) is 4.90 Å². The van der Waals surface area contributed by atoms with E-state index in [-0.39, 0.29) is 5.97 Å². The predicted octanol–water partition coefficient (Wildman–Crippen LogP) is 4.25. The lowest BCUT2D eigenvalue weighted by Gasteiger charge is -2.40. The van der Waals surface area contributed by atoms with Crippen molar-refractivity contribution in [2.24, 2.45) is 11.3 Å². The zero-order valence-electron chi connectivity index (χ0n) is 18.5. The molecule has 0 atom stereocenters. The third kappa shape index (κ3) is 7.03. The van der Waals surface area contributed by atoms with Crippen molar-refractivity contribution in [2.75, 3.05) is 26.2 Å². The average molecular weight is 405 g/mol. The number of carbonyl (C=O) groups excluding carboxylic acids is 1. The van der Waals surface area contributed by atoms with Gasteiger partial charge in [0, 0.05) is 18.6 Å². The summed E-state index contributed by atoms with van der Waals surface area (Å²) in [6.45, 7) is 12.9. The number of carboxylic acid groups (broad SMARTS) is 1. The zero-order chi connectivity index (χ0) is 21.7. The van der Waals surface area contributed by atoms with Crippen LogP contribution in [0.4, 0.5) is 4.79 Å². The molecule has 1 heterocycles. The molecular formula is C23H36N2O4. The number of piperidine rings is 1. The highest BCUT2D eigenvalue weighted by atomic mass is 16.5. The molecule has 0 saturated carbocycles. The first-order valence-electron chi connectivity index (χ1n) is 10.4. The summed E-state index contributed by atoms with van der Waals surface area (Å²) in [6.07, 6.45) is 1.02. The summed E-state index contributed by atoms with van der Waals surface area (Å²) < 4.78 is 5.53. The quantitative estimate of drug-likeness (QED) is 0.688. The first-order chi connectivity index (χ1) is 13.5. The van der Waals surface area contributed by atoms with Gasteiger partial charge in [-0.1, -0.05) is 30.3 Å². The van der Waals surface area contributed by atoms with Gasteiger partial charge in [-0.15, -0.1) is 0 Å². The number of carbonyl (C=O) groups is 2. The van der Waals surface area contributed by atoms with Gasteiger partial charge >= 0.3 is 12.1 Å². The number of amides is 1. The van der Waals surface area contributed by atoms with E-state index in [9.17, 15) is 14.7 Å². The molecule has 1 aromatic rings. The van der Waals surface area contributed by atoms with Crippen LogP contribution < -0.4 is 0 Å². The lowest BCUT2D eigenvalue weighted by molar-refractivity contribution is -0.156. The van der Waals surface area contributed by atoms with Crippen LogP contribution in [0.3, 0.4) is 0 Å². The average Bonchev–Trinajstić information content (AvgIpc) is 2.64. The van der Waals surface area contributed by atoms with Crippen molar-refractivity contribution in [1.29, 1.82) is 0 Å². The second kappa shape index (κ2) is 9.61. The summed E-state index contributed by atoms with van der Waals surface area (Å²) >= 11 is 0. The molecule has 0 radical (unpaired) electrons. The standard InChI is InChI=1S/C23H36N2O4/c1-22(2,3)25(21(27)28)15-18-11-13-24(14-12-18)17-23(4,5)20(26)29-16-19-9-7-6-8-10-19/h6-10,18H,11-17H2,1-5H3,(H,27,28).